The molecule has 0 fully saturated rings. The molecule has 10 aromatic carbocycles. The van der Waals surface area contributed by atoms with Crippen LogP contribution in [0.1, 0.15) is 0 Å². The highest BCUT2D eigenvalue weighted by molar-refractivity contribution is 7.20. The largest absolute Gasteiger partial charge is 0.453 e. The van der Waals surface area contributed by atoms with E-state index in [9.17, 15) is 0 Å². The molecule has 0 aliphatic rings. The van der Waals surface area contributed by atoms with Crippen LogP contribution in [0.4, 0.5) is 17.1 Å². The normalized spacial score (nSPS) is 11.6. The number of rotatable bonds is 9. The molecule has 0 saturated carbocycles. The van der Waals surface area contributed by atoms with Crippen molar-refractivity contribution in [3.63, 3.8) is 0 Å². The van der Waals surface area contributed by atoms with Gasteiger partial charge in [-0.15, -0.1) is 0 Å². The first-order valence-corrected chi connectivity index (χ1v) is 22.9. The van der Waals surface area contributed by atoms with Crippen LogP contribution >= 0.6 is 0 Å². The Bertz CT molecular complexity index is 3230. The first kappa shape index (κ1) is 36.4. The lowest BCUT2D eigenvalue weighted by atomic mass is 10.0. The van der Waals surface area contributed by atoms with Crippen LogP contribution in [0.5, 0.6) is 0 Å². The maximum Gasteiger partial charge on any atom is 0.180 e. The van der Waals surface area contributed by atoms with Crippen molar-refractivity contribution < 1.29 is 4.42 Å². The fraction of sp³-hybridized carbons (Fsp3) is 0. The number of furan rings is 1. The number of hydrogen-bond donors (Lipinski definition) is 0. The smallest absolute Gasteiger partial charge is 0.180 e. The van der Waals surface area contributed by atoms with Gasteiger partial charge in [0, 0.05) is 27.7 Å². The topological polar surface area (TPSA) is 16.4 Å². The average molecular weight is 796 g/mol. The van der Waals surface area contributed by atoms with E-state index < -0.39 is 8.07 Å². The summed E-state index contributed by atoms with van der Waals surface area (Å²) >= 11 is 0. The number of para-hydroxylation sites is 2. The molecule has 0 bridgehead atoms. The Morgan fingerprint density at radius 3 is 1.43 bits per heavy atom. The van der Waals surface area contributed by atoms with Crippen molar-refractivity contribution in [1.29, 1.82) is 0 Å². The molecular formula is C58H41NOSi. The van der Waals surface area contributed by atoms with E-state index in [0.717, 1.165) is 50.1 Å². The number of hydrogen-bond acceptors (Lipinski definition) is 2. The first-order valence-electron chi connectivity index (χ1n) is 20.9. The molecule has 2 nitrogen and oxygen atoms in total. The molecular weight excluding hydrogens is 755 g/mol. The van der Waals surface area contributed by atoms with Gasteiger partial charge in [-0.25, -0.2) is 0 Å². The van der Waals surface area contributed by atoms with Crippen LogP contribution in [-0.4, -0.2) is 8.07 Å². The van der Waals surface area contributed by atoms with Gasteiger partial charge in [0.15, 0.2) is 13.7 Å². The maximum atomic E-state index is 7.04. The van der Waals surface area contributed by atoms with Crippen LogP contribution < -0.4 is 25.6 Å². The van der Waals surface area contributed by atoms with Gasteiger partial charge in [-0.1, -0.05) is 218 Å². The first-order chi connectivity index (χ1) is 30.3. The van der Waals surface area contributed by atoms with E-state index in [1.54, 1.807) is 0 Å². The molecule has 1 aromatic heterocycles. The molecule has 288 valence electrons. The zero-order valence-electron chi connectivity index (χ0n) is 33.5. The average Bonchev–Trinajstić information content (AvgIpc) is 3.74. The second-order valence-corrected chi connectivity index (χ2v) is 19.4. The number of benzene rings is 10. The van der Waals surface area contributed by atoms with Crippen LogP contribution in [0.2, 0.25) is 0 Å². The van der Waals surface area contributed by atoms with Crippen molar-refractivity contribution >= 4 is 78.6 Å². The Morgan fingerprint density at radius 1 is 0.311 bits per heavy atom. The van der Waals surface area contributed by atoms with Gasteiger partial charge in [-0.05, 0) is 78.5 Å². The molecule has 0 atom stereocenters. The maximum absolute atomic E-state index is 7.04. The Labute approximate surface area is 357 Å². The molecule has 0 radical (unpaired) electrons. The van der Waals surface area contributed by atoms with E-state index in [1.807, 2.05) is 0 Å². The molecule has 0 spiro atoms. The van der Waals surface area contributed by atoms with Crippen LogP contribution in [0.3, 0.4) is 0 Å². The zero-order chi connectivity index (χ0) is 40.6. The van der Waals surface area contributed by atoms with Crippen LogP contribution in [0.25, 0.3) is 55.0 Å². The highest BCUT2D eigenvalue weighted by Crippen LogP contribution is 2.44. The summed E-state index contributed by atoms with van der Waals surface area (Å²) in [6.07, 6.45) is 0. The Balaban J connectivity index is 1.14. The summed E-state index contributed by atoms with van der Waals surface area (Å²) in [4.78, 5) is 2.36. The predicted molar refractivity (Wildman–Crippen MR) is 260 cm³/mol. The predicted octanol–water partition coefficient (Wildman–Crippen LogP) is 12.9. The third kappa shape index (κ3) is 6.26. The molecule has 11 rings (SSSR count). The third-order valence-electron chi connectivity index (χ3n) is 12.2. The van der Waals surface area contributed by atoms with E-state index in [4.69, 9.17) is 4.42 Å². The standard InChI is InChI=1S/C58H41NOSi/c1-5-18-42(19-6-1)43-34-36-46(37-35-43)59(55-32-17-31-54-53-30-16-29-52(57(53)60-58(54)55)45-20-7-2-8-21-45)47-38-40-50(41-39-47)61(48-24-9-3-10-25-48,49-26-11-4-12-27-49)56-33-15-23-44-22-13-14-28-51(44)56/h1-41H. The van der Waals surface area contributed by atoms with E-state index in [0.29, 0.717) is 0 Å². The molecule has 0 saturated heterocycles. The summed E-state index contributed by atoms with van der Waals surface area (Å²) in [5.41, 5.74) is 9.40. The second-order valence-electron chi connectivity index (χ2n) is 15.6. The molecule has 0 amide bonds. The summed E-state index contributed by atoms with van der Waals surface area (Å²) in [5, 5.41) is 10.1. The van der Waals surface area contributed by atoms with Gasteiger partial charge in [0.25, 0.3) is 0 Å². The van der Waals surface area contributed by atoms with Crippen LogP contribution in [0.15, 0.2) is 253 Å². The molecule has 11 aromatic rings. The zero-order valence-corrected chi connectivity index (χ0v) is 34.5. The minimum Gasteiger partial charge on any atom is -0.453 e. The van der Waals surface area contributed by atoms with Gasteiger partial charge in [0.05, 0.1) is 5.69 Å². The Morgan fingerprint density at radius 2 is 0.770 bits per heavy atom. The van der Waals surface area contributed by atoms with Crippen LogP contribution in [-0.2, 0) is 0 Å². The fourth-order valence-corrected chi connectivity index (χ4v) is 14.4. The number of nitrogens with zero attached hydrogens (tertiary/aromatic N) is 1. The van der Waals surface area contributed by atoms with Crippen molar-refractivity contribution in [3.8, 4) is 22.3 Å². The van der Waals surface area contributed by atoms with E-state index in [1.165, 1.54) is 42.6 Å². The molecule has 0 aliphatic heterocycles. The summed E-state index contributed by atoms with van der Waals surface area (Å²) in [6.45, 7) is 0. The van der Waals surface area contributed by atoms with E-state index in [2.05, 4.69) is 254 Å². The monoisotopic (exact) mass is 795 g/mol. The highest BCUT2D eigenvalue weighted by atomic mass is 28.3. The fourth-order valence-electron chi connectivity index (χ4n) is 9.44. The van der Waals surface area contributed by atoms with Crippen molar-refractivity contribution in [2.75, 3.05) is 4.90 Å². The molecule has 61 heavy (non-hydrogen) atoms. The minimum atomic E-state index is -2.87. The van der Waals surface area contributed by atoms with Gasteiger partial charge >= 0.3 is 0 Å². The summed E-state index contributed by atoms with van der Waals surface area (Å²) < 4.78 is 7.04. The third-order valence-corrected chi connectivity index (χ3v) is 17.1. The molecule has 3 heteroatoms. The molecule has 1 heterocycles. The number of anilines is 3. The second kappa shape index (κ2) is 15.5. The van der Waals surface area contributed by atoms with E-state index in [-0.39, 0.29) is 0 Å². The van der Waals surface area contributed by atoms with Crippen molar-refractivity contribution in [2.45, 2.75) is 0 Å². The lowest BCUT2D eigenvalue weighted by molar-refractivity contribution is 0.670. The van der Waals surface area contributed by atoms with Gasteiger partial charge in [-0.2, -0.15) is 0 Å². The van der Waals surface area contributed by atoms with Gasteiger partial charge in [0.1, 0.15) is 5.58 Å². The summed E-state index contributed by atoms with van der Waals surface area (Å²) in [6, 6.07) is 90.5. The quantitative estimate of drug-likeness (QED) is 0.107. The Kier molecular flexibility index (Phi) is 9.22. The van der Waals surface area contributed by atoms with Crippen molar-refractivity contribution in [2.24, 2.45) is 0 Å². The summed E-state index contributed by atoms with van der Waals surface area (Å²) in [5.74, 6) is 0. The van der Waals surface area contributed by atoms with Crippen molar-refractivity contribution in [1.82, 2.24) is 0 Å². The summed E-state index contributed by atoms with van der Waals surface area (Å²) in [7, 11) is -2.87. The Hall–Kier alpha value is -7.72. The van der Waals surface area contributed by atoms with Gasteiger partial charge in [0.2, 0.25) is 0 Å². The molecule has 0 unspecified atom stereocenters. The van der Waals surface area contributed by atoms with Gasteiger partial charge < -0.3 is 9.32 Å². The lowest BCUT2D eigenvalue weighted by Gasteiger charge is -2.36. The van der Waals surface area contributed by atoms with E-state index >= 15 is 0 Å². The molecule has 0 N–H and O–H groups in total. The van der Waals surface area contributed by atoms with Crippen LogP contribution in [0, 0.1) is 0 Å². The molecule has 0 aliphatic carbocycles. The SMILES string of the molecule is c1ccc(-c2ccc(N(c3ccc([Si](c4ccccc4)(c4ccccc4)c4cccc5ccccc45)cc3)c3cccc4c3oc3c(-c5ccccc5)cccc34)cc2)cc1. The van der Waals surface area contributed by atoms with Crippen molar-refractivity contribution in [3.05, 3.63) is 249 Å². The lowest BCUT2D eigenvalue weighted by Crippen LogP contribution is -2.74. The van der Waals surface area contributed by atoms with Gasteiger partial charge in [-0.3, -0.25) is 0 Å². The highest BCUT2D eigenvalue weighted by Gasteiger charge is 2.42. The minimum absolute atomic E-state index is 0.852. The number of fused-ring (bicyclic) bond motifs is 4.